The summed E-state index contributed by atoms with van der Waals surface area (Å²) in [6.45, 7) is 5.63. The molecule has 0 atom stereocenters. The molecule has 0 aliphatic heterocycles. The lowest BCUT2D eigenvalue weighted by atomic mass is 9.78. The van der Waals surface area contributed by atoms with Gasteiger partial charge in [-0.3, -0.25) is 9.59 Å². The highest BCUT2D eigenvalue weighted by molar-refractivity contribution is 9.10. The molecule has 5 heteroatoms. The Kier molecular flexibility index (Phi) is 6.20. The van der Waals surface area contributed by atoms with Gasteiger partial charge in [0.15, 0.2) is 5.41 Å². The first-order chi connectivity index (χ1) is 9.52. The molecule has 0 fully saturated rings. The van der Waals surface area contributed by atoms with Crippen molar-refractivity contribution in [3.05, 3.63) is 34.3 Å². The van der Waals surface area contributed by atoms with Gasteiger partial charge >= 0.3 is 11.9 Å². The lowest BCUT2D eigenvalue weighted by Crippen LogP contribution is -2.45. The molecule has 0 aliphatic rings. The number of rotatable bonds is 6. The minimum Gasteiger partial charge on any atom is -0.465 e. The Labute approximate surface area is 127 Å². The highest BCUT2D eigenvalue weighted by Crippen LogP contribution is 2.33. The van der Waals surface area contributed by atoms with Gasteiger partial charge in [0.25, 0.3) is 0 Å². The average Bonchev–Trinajstić information content (AvgIpc) is 2.41. The summed E-state index contributed by atoms with van der Waals surface area (Å²) in [4.78, 5) is 24.8. The van der Waals surface area contributed by atoms with E-state index in [1.165, 1.54) is 0 Å². The molecule has 20 heavy (non-hydrogen) atoms. The Morgan fingerprint density at radius 3 is 2.05 bits per heavy atom. The van der Waals surface area contributed by atoms with Crippen molar-refractivity contribution >= 4 is 27.9 Å². The number of hydrogen-bond acceptors (Lipinski definition) is 4. The zero-order chi connectivity index (χ0) is 15.2. The molecule has 0 aromatic heterocycles. The van der Waals surface area contributed by atoms with Crippen LogP contribution in [-0.2, 0) is 24.5 Å². The highest BCUT2D eigenvalue weighted by atomic mass is 79.9. The van der Waals surface area contributed by atoms with E-state index in [1.807, 2.05) is 6.07 Å². The van der Waals surface area contributed by atoms with E-state index in [-0.39, 0.29) is 19.6 Å². The fraction of sp³-hybridized carbons (Fsp3) is 0.467. The topological polar surface area (TPSA) is 52.6 Å². The van der Waals surface area contributed by atoms with Gasteiger partial charge < -0.3 is 9.47 Å². The van der Waals surface area contributed by atoms with Crippen LogP contribution in [0.2, 0.25) is 0 Å². The van der Waals surface area contributed by atoms with Crippen molar-refractivity contribution in [3.8, 4) is 0 Å². The molecule has 0 saturated heterocycles. The Morgan fingerprint density at radius 1 is 1.10 bits per heavy atom. The van der Waals surface area contributed by atoms with Crippen molar-refractivity contribution in [1.29, 1.82) is 0 Å². The number of hydrogen-bond donors (Lipinski definition) is 0. The summed E-state index contributed by atoms with van der Waals surface area (Å²) in [5.41, 5.74) is -0.832. The van der Waals surface area contributed by atoms with Crippen molar-refractivity contribution in [1.82, 2.24) is 0 Å². The molecule has 0 unspecified atom stereocenters. The molecular weight excluding hydrogens is 324 g/mol. The molecule has 1 aromatic carbocycles. The summed E-state index contributed by atoms with van der Waals surface area (Å²) in [5, 5.41) is 0. The minimum atomic E-state index is -1.41. The predicted molar refractivity (Wildman–Crippen MR) is 79.4 cm³/mol. The van der Waals surface area contributed by atoms with Crippen LogP contribution in [0.4, 0.5) is 0 Å². The smallest absolute Gasteiger partial charge is 0.328 e. The normalized spacial score (nSPS) is 11.0. The quantitative estimate of drug-likeness (QED) is 0.588. The highest BCUT2D eigenvalue weighted by Gasteiger charge is 2.49. The second-order valence-corrected chi connectivity index (χ2v) is 5.13. The molecule has 0 radical (unpaired) electrons. The van der Waals surface area contributed by atoms with Gasteiger partial charge in [0, 0.05) is 4.47 Å². The summed E-state index contributed by atoms with van der Waals surface area (Å²) in [6.07, 6.45) is 0.279. The maximum absolute atomic E-state index is 12.4. The van der Waals surface area contributed by atoms with Crippen molar-refractivity contribution in [2.75, 3.05) is 13.2 Å². The summed E-state index contributed by atoms with van der Waals surface area (Å²) in [6, 6.07) is 7.10. The SMILES string of the molecule is CCOC(=O)C(CC)(C(=O)OCC)c1cccc(Br)c1. The minimum absolute atomic E-state index is 0.216. The first-order valence-corrected chi connectivity index (χ1v) is 7.42. The van der Waals surface area contributed by atoms with Gasteiger partial charge in [-0.25, -0.2) is 0 Å². The fourth-order valence-electron chi connectivity index (χ4n) is 2.07. The van der Waals surface area contributed by atoms with Gasteiger partial charge in [-0.05, 0) is 38.0 Å². The fourth-order valence-corrected chi connectivity index (χ4v) is 2.47. The van der Waals surface area contributed by atoms with Crippen LogP contribution >= 0.6 is 15.9 Å². The molecule has 0 heterocycles. The van der Waals surface area contributed by atoms with E-state index in [9.17, 15) is 9.59 Å². The van der Waals surface area contributed by atoms with Crippen molar-refractivity contribution in [3.63, 3.8) is 0 Å². The maximum Gasteiger partial charge on any atom is 0.328 e. The van der Waals surface area contributed by atoms with Crippen LogP contribution in [0, 0.1) is 0 Å². The molecule has 0 bridgehead atoms. The summed E-state index contributed by atoms with van der Waals surface area (Å²) in [5.74, 6) is -1.14. The number of carbonyl (C=O) groups excluding carboxylic acids is 2. The van der Waals surface area contributed by atoms with E-state index < -0.39 is 17.4 Å². The van der Waals surface area contributed by atoms with Crippen LogP contribution in [0.3, 0.4) is 0 Å². The standard InChI is InChI=1S/C15H19BrO4/c1-4-15(13(17)19-5-2,14(18)20-6-3)11-8-7-9-12(16)10-11/h7-10H,4-6H2,1-3H3. The van der Waals surface area contributed by atoms with Gasteiger partial charge in [0.05, 0.1) is 13.2 Å². The zero-order valence-electron chi connectivity index (χ0n) is 11.9. The molecule has 1 rings (SSSR count). The molecule has 4 nitrogen and oxygen atoms in total. The lowest BCUT2D eigenvalue weighted by molar-refractivity contribution is -0.165. The van der Waals surface area contributed by atoms with Crippen molar-refractivity contribution in [2.24, 2.45) is 0 Å². The van der Waals surface area contributed by atoms with Gasteiger partial charge in [-0.1, -0.05) is 35.0 Å². The number of esters is 2. The van der Waals surface area contributed by atoms with Gasteiger partial charge in [-0.2, -0.15) is 0 Å². The second-order valence-electron chi connectivity index (χ2n) is 4.21. The van der Waals surface area contributed by atoms with E-state index in [0.717, 1.165) is 4.47 Å². The second kappa shape index (κ2) is 7.43. The van der Waals surface area contributed by atoms with E-state index in [1.54, 1.807) is 39.0 Å². The van der Waals surface area contributed by atoms with Crippen LogP contribution in [0.1, 0.15) is 32.8 Å². The number of ether oxygens (including phenoxy) is 2. The molecule has 0 saturated carbocycles. The third-order valence-corrected chi connectivity index (χ3v) is 3.59. The van der Waals surface area contributed by atoms with Crippen LogP contribution in [0.15, 0.2) is 28.7 Å². The Balaban J connectivity index is 3.37. The van der Waals surface area contributed by atoms with Crippen molar-refractivity contribution < 1.29 is 19.1 Å². The van der Waals surface area contributed by atoms with Crippen LogP contribution in [0.5, 0.6) is 0 Å². The molecule has 0 spiro atoms. The van der Waals surface area contributed by atoms with E-state index in [4.69, 9.17) is 9.47 Å². The number of benzene rings is 1. The lowest BCUT2D eigenvalue weighted by Gasteiger charge is -2.28. The molecule has 0 N–H and O–H groups in total. The molecule has 0 aliphatic carbocycles. The summed E-state index contributed by atoms with van der Waals surface area (Å²) < 4.78 is 11.0. The third-order valence-electron chi connectivity index (χ3n) is 3.10. The van der Waals surface area contributed by atoms with Gasteiger partial charge in [0.1, 0.15) is 0 Å². The molecule has 0 amide bonds. The average molecular weight is 343 g/mol. The van der Waals surface area contributed by atoms with Crippen LogP contribution in [0.25, 0.3) is 0 Å². The van der Waals surface area contributed by atoms with E-state index >= 15 is 0 Å². The molecule has 110 valence electrons. The van der Waals surface area contributed by atoms with Gasteiger partial charge in [-0.15, -0.1) is 0 Å². The first-order valence-electron chi connectivity index (χ1n) is 6.63. The van der Waals surface area contributed by atoms with E-state index in [0.29, 0.717) is 5.56 Å². The summed E-state index contributed by atoms with van der Waals surface area (Å²) >= 11 is 3.36. The summed E-state index contributed by atoms with van der Waals surface area (Å²) in [7, 11) is 0. The van der Waals surface area contributed by atoms with Crippen LogP contribution in [-0.4, -0.2) is 25.2 Å². The molecule has 1 aromatic rings. The number of carbonyl (C=O) groups is 2. The Bertz CT molecular complexity index is 467. The number of halogens is 1. The van der Waals surface area contributed by atoms with E-state index in [2.05, 4.69) is 15.9 Å². The van der Waals surface area contributed by atoms with Gasteiger partial charge in [0.2, 0.25) is 0 Å². The zero-order valence-corrected chi connectivity index (χ0v) is 13.5. The van der Waals surface area contributed by atoms with Crippen molar-refractivity contribution in [2.45, 2.75) is 32.6 Å². The Morgan fingerprint density at radius 2 is 1.65 bits per heavy atom. The third kappa shape index (κ3) is 3.20. The monoisotopic (exact) mass is 342 g/mol. The van der Waals surface area contributed by atoms with Crippen LogP contribution < -0.4 is 0 Å². The predicted octanol–water partition coefficient (Wildman–Crippen LogP) is 3.22. The first kappa shape index (κ1) is 16.7. The molecular formula is C15H19BrO4. The largest absolute Gasteiger partial charge is 0.465 e. The maximum atomic E-state index is 12.4. The Hall–Kier alpha value is -1.36.